The van der Waals surface area contributed by atoms with Gasteiger partial charge in [0.2, 0.25) is 11.8 Å². The fourth-order valence-corrected chi connectivity index (χ4v) is 4.97. The third-order valence-electron chi connectivity index (χ3n) is 5.54. The molecule has 0 unspecified atom stereocenters. The molecule has 0 spiro atoms. The number of carbonyl (C=O) groups is 2. The molecule has 1 aliphatic heterocycles. The molecular formula is C19H17Cl2NO2. The minimum Gasteiger partial charge on any atom is -0.274 e. The van der Waals surface area contributed by atoms with E-state index in [2.05, 4.69) is 26.0 Å². The Balaban J connectivity index is 1.77. The number of fused-ring (bicyclic) bond motifs is 5. The molecule has 2 amide bonds. The summed E-state index contributed by atoms with van der Waals surface area (Å²) in [5, 5.41) is 0.831. The lowest BCUT2D eigenvalue weighted by molar-refractivity contribution is -0.122. The molecule has 24 heavy (non-hydrogen) atoms. The topological polar surface area (TPSA) is 37.4 Å². The van der Waals surface area contributed by atoms with Crippen molar-refractivity contribution >= 4 is 40.7 Å². The van der Waals surface area contributed by atoms with E-state index in [1.807, 2.05) is 0 Å². The van der Waals surface area contributed by atoms with E-state index in [4.69, 9.17) is 23.2 Å². The van der Waals surface area contributed by atoms with E-state index in [9.17, 15) is 9.59 Å². The summed E-state index contributed by atoms with van der Waals surface area (Å²) in [5.41, 5.74) is 3.04. The van der Waals surface area contributed by atoms with Crippen molar-refractivity contribution in [3.05, 3.63) is 51.5 Å². The summed E-state index contributed by atoms with van der Waals surface area (Å²) in [7, 11) is 0. The number of anilines is 1. The second-order valence-corrected chi connectivity index (χ2v) is 7.59. The summed E-state index contributed by atoms with van der Waals surface area (Å²) in [4.78, 5) is 27.3. The molecule has 1 aromatic rings. The minimum absolute atomic E-state index is 0.0519. The van der Waals surface area contributed by atoms with E-state index < -0.39 is 0 Å². The SMILES string of the molecule is CCC(C)=C1[C@H]2C=C[C@H]1[C@H]1C(=O)N(c3cc(Cl)cc(Cl)c3)C(=O)[C@@H]12. The molecule has 4 rings (SSSR count). The Labute approximate surface area is 150 Å². The number of nitrogens with zero attached hydrogens (tertiary/aromatic N) is 1. The second kappa shape index (κ2) is 5.47. The Morgan fingerprint density at radius 3 is 1.96 bits per heavy atom. The van der Waals surface area contributed by atoms with Crippen LogP contribution in [0.5, 0.6) is 0 Å². The van der Waals surface area contributed by atoms with Crippen LogP contribution >= 0.6 is 23.2 Å². The van der Waals surface area contributed by atoms with Crippen LogP contribution in [-0.4, -0.2) is 11.8 Å². The molecule has 1 saturated heterocycles. The molecule has 2 bridgehead atoms. The van der Waals surface area contributed by atoms with Crippen LogP contribution in [0.25, 0.3) is 0 Å². The van der Waals surface area contributed by atoms with Gasteiger partial charge in [0.05, 0.1) is 17.5 Å². The monoisotopic (exact) mass is 361 g/mol. The van der Waals surface area contributed by atoms with Gasteiger partial charge in [-0.15, -0.1) is 0 Å². The molecule has 3 aliphatic rings. The molecule has 2 fully saturated rings. The van der Waals surface area contributed by atoms with Gasteiger partial charge in [0.15, 0.2) is 0 Å². The van der Waals surface area contributed by atoms with Crippen LogP contribution in [0.15, 0.2) is 41.5 Å². The molecule has 4 atom stereocenters. The number of halogens is 2. The van der Waals surface area contributed by atoms with Crippen molar-refractivity contribution in [3.63, 3.8) is 0 Å². The van der Waals surface area contributed by atoms with Gasteiger partial charge in [0.25, 0.3) is 0 Å². The number of imide groups is 1. The Hall–Kier alpha value is -1.58. The molecular weight excluding hydrogens is 345 g/mol. The molecule has 1 aromatic carbocycles. The highest BCUT2D eigenvalue weighted by Gasteiger charge is 2.62. The number of rotatable bonds is 2. The lowest BCUT2D eigenvalue weighted by Gasteiger charge is -2.20. The quantitative estimate of drug-likeness (QED) is 0.568. The fraction of sp³-hybridized carbons (Fsp3) is 0.368. The summed E-state index contributed by atoms with van der Waals surface area (Å²) in [5.74, 6) is -0.751. The lowest BCUT2D eigenvalue weighted by Crippen LogP contribution is -2.33. The summed E-state index contributed by atoms with van der Waals surface area (Å²) in [6.45, 7) is 4.21. The molecule has 3 nitrogen and oxygen atoms in total. The van der Waals surface area contributed by atoms with Crippen LogP contribution in [0.1, 0.15) is 20.3 Å². The lowest BCUT2D eigenvalue weighted by atomic mass is 9.85. The zero-order chi connectivity index (χ0) is 17.2. The molecule has 0 N–H and O–H groups in total. The molecule has 1 saturated carbocycles. The van der Waals surface area contributed by atoms with Crippen molar-refractivity contribution in [1.29, 1.82) is 0 Å². The summed E-state index contributed by atoms with van der Waals surface area (Å²) < 4.78 is 0. The van der Waals surface area contributed by atoms with Crippen molar-refractivity contribution in [1.82, 2.24) is 0 Å². The Morgan fingerprint density at radius 2 is 1.50 bits per heavy atom. The summed E-state index contributed by atoms with van der Waals surface area (Å²) in [6, 6.07) is 4.83. The minimum atomic E-state index is -0.290. The van der Waals surface area contributed by atoms with Gasteiger partial charge in [-0.25, -0.2) is 4.90 Å². The third-order valence-corrected chi connectivity index (χ3v) is 5.98. The van der Waals surface area contributed by atoms with Gasteiger partial charge in [0, 0.05) is 21.9 Å². The Bertz CT molecular complexity index is 772. The van der Waals surface area contributed by atoms with Crippen LogP contribution in [0.4, 0.5) is 5.69 Å². The standard InChI is InChI=1S/C19H17Cl2NO2/c1-3-9(2)15-13-4-5-14(15)17-16(13)18(23)22(19(17)24)12-7-10(20)6-11(21)8-12/h4-8,13-14,16-17H,3H2,1-2H3/t13-,14-,16-,17-/m1/s1. The number of hydrogen-bond donors (Lipinski definition) is 0. The number of allylic oxidation sites excluding steroid dienone is 4. The van der Waals surface area contributed by atoms with E-state index in [-0.39, 0.29) is 35.5 Å². The average molecular weight is 362 g/mol. The van der Waals surface area contributed by atoms with E-state index in [1.165, 1.54) is 16.0 Å². The zero-order valence-electron chi connectivity index (χ0n) is 13.4. The Morgan fingerprint density at radius 1 is 1.00 bits per heavy atom. The van der Waals surface area contributed by atoms with Gasteiger partial charge in [-0.1, -0.05) is 53.4 Å². The van der Waals surface area contributed by atoms with Crippen LogP contribution in [0, 0.1) is 23.7 Å². The van der Waals surface area contributed by atoms with Crippen LogP contribution in [0.3, 0.4) is 0 Å². The number of carbonyl (C=O) groups excluding carboxylic acids is 2. The van der Waals surface area contributed by atoms with Crippen molar-refractivity contribution in [3.8, 4) is 0 Å². The highest BCUT2D eigenvalue weighted by atomic mass is 35.5. The first kappa shape index (κ1) is 15.9. The maximum absolute atomic E-state index is 13.0. The van der Waals surface area contributed by atoms with Crippen LogP contribution in [0.2, 0.25) is 10.0 Å². The Kier molecular flexibility index (Phi) is 3.63. The van der Waals surface area contributed by atoms with Gasteiger partial charge in [-0.3, -0.25) is 9.59 Å². The smallest absolute Gasteiger partial charge is 0.238 e. The van der Waals surface area contributed by atoms with Crippen LogP contribution < -0.4 is 4.90 Å². The van der Waals surface area contributed by atoms with Crippen molar-refractivity contribution in [2.24, 2.45) is 23.7 Å². The number of benzene rings is 1. The molecule has 0 aromatic heterocycles. The summed E-state index contributed by atoms with van der Waals surface area (Å²) >= 11 is 12.1. The van der Waals surface area contributed by atoms with E-state index >= 15 is 0 Å². The maximum atomic E-state index is 13.0. The van der Waals surface area contributed by atoms with Gasteiger partial charge in [-0.2, -0.15) is 0 Å². The second-order valence-electron chi connectivity index (χ2n) is 6.72. The van der Waals surface area contributed by atoms with E-state index in [0.29, 0.717) is 15.7 Å². The molecule has 0 radical (unpaired) electrons. The zero-order valence-corrected chi connectivity index (χ0v) is 14.9. The van der Waals surface area contributed by atoms with Crippen molar-refractivity contribution in [2.75, 3.05) is 4.90 Å². The normalized spacial score (nSPS) is 30.5. The largest absolute Gasteiger partial charge is 0.274 e. The molecule has 1 heterocycles. The van der Waals surface area contributed by atoms with E-state index in [0.717, 1.165) is 6.42 Å². The number of hydrogen-bond acceptors (Lipinski definition) is 2. The van der Waals surface area contributed by atoms with Gasteiger partial charge in [-0.05, 0) is 31.5 Å². The molecule has 2 aliphatic carbocycles. The molecule has 124 valence electrons. The first-order valence-corrected chi connectivity index (χ1v) is 8.91. The highest BCUT2D eigenvalue weighted by molar-refractivity contribution is 6.35. The first-order chi connectivity index (χ1) is 11.4. The summed E-state index contributed by atoms with van der Waals surface area (Å²) in [6.07, 6.45) is 5.14. The van der Waals surface area contributed by atoms with Gasteiger partial charge >= 0.3 is 0 Å². The maximum Gasteiger partial charge on any atom is 0.238 e. The van der Waals surface area contributed by atoms with Gasteiger partial charge in [0.1, 0.15) is 0 Å². The molecule has 5 heteroatoms. The van der Waals surface area contributed by atoms with Gasteiger partial charge < -0.3 is 0 Å². The third kappa shape index (κ3) is 2.04. The van der Waals surface area contributed by atoms with Crippen LogP contribution in [-0.2, 0) is 9.59 Å². The van der Waals surface area contributed by atoms with Crippen molar-refractivity contribution < 1.29 is 9.59 Å². The fourth-order valence-electron chi connectivity index (χ4n) is 4.46. The first-order valence-electron chi connectivity index (χ1n) is 8.15. The predicted octanol–water partition coefficient (Wildman–Crippen LogP) is 4.64. The highest BCUT2D eigenvalue weighted by Crippen LogP contribution is 2.57. The predicted molar refractivity (Wildman–Crippen MR) is 95.0 cm³/mol. The average Bonchev–Trinajstić information content (AvgIpc) is 3.15. The van der Waals surface area contributed by atoms with Crippen molar-refractivity contribution in [2.45, 2.75) is 20.3 Å². The number of amides is 2. The van der Waals surface area contributed by atoms with E-state index in [1.54, 1.807) is 18.2 Å².